The van der Waals surface area contributed by atoms with Gasteiger partial charge in [0.25, 0.3) is 0 Å². The van der Waals surface area contributed by atoms with Gasteiger partial charge in [0.1, 0.15) is 16.5 Å². The number of carbonyl (C=O) groups is 1. The molecule has 0 bridgehead atoms. The van der Waals surface area contributed by atoms with Crippen molar-refractivity contribution in [3.8, 4) is 5.75 Å². The number of halogens is 1. The topological polar surface area (TPSA) is 75.7 Å². The number of nitrogens with one attached hydrogen (secondary N) is 1. The first-order valence-electron chi connectivity index (χ1n) is 6.99. The first kappa shape index (κ1) is 17.9. The van der Waals surface area contributed by atoms with Crippen LogP contribution >= 0.6 is 0 Å². The first-order chi connectivity index (χ1) is 11.3. The summed E-state index contributed by atoms with van der Waals surface area (Å²) < 4.78 is 44.1. The molecule has 2 aromatic carbocycles. The molecule has 8 heteroatoms. The van der Waals surface area contributed by atoms with E-state index in [1.54, 1.807) is 24.3 Å². The van der Waals surface area contributed by atoms with Crippen LogP contribution in [-0.4, -0.2) is 39.3 Å². The Morgan fingerprint density at radius 1 is 1.17 bits per heavy atom. The van der Waals surface area contributed by atoms with Crippen molar-refractivity contribution in [2.75, 3.05) is 26.0 Å². The predicted molar refractivity (Wildman–Crippen MR) is 87.8 cm³/mol. The zero-order valence-electron chi connectivity index (χ0n) is 13.2. The van der Waals surface area contributed by atoms with E-state index in [1.165, 1.54) is 26.3 Å². The number of hydrogen-bond donors (Lipinski definition) is 1. The molecule has 24 heavy (non-hydrogen) atoms. The first-order valence-corrected chi connectivity index (χ1v) is 8.43. The van der Waals surface area contributed by atoms with Gasteiger partial charge < -0.3 is 10.1 Å². The summed E-state index contributed by atoms with van der Waals surface area (Å²) in [5.41, 5.74) is 0.498. The molecule has 6 nitrogen and oxygen atoms in total. The van der Waals surface area contributed by atoms with Gasteiger partial charge >= 0.3 is 0 Å². The van der Waals surface area contributed by atoms with Crippen LogP contribution in [0.25, 0.3) is 0 Å². The van der Waals surface area contributed by atoms with E-state index >= 15 is 0 Å². The maximum absolute atomic E-state index is 13.7. The SMILES string of the molecule is COc1ccc(NC(=O)CN(C)S(=O)(=O)c2ccccc2F)cc1. The molecule has 0 aliphatic heterocycles. The molecule has 0 unspecified atom stereocenters. The minimum atomic E-state index is -4.09. The summed E-state index contributed by atoms with van der Waals surface area (Å²) >= 11 is 0. The molecule has 0 aliphatic rings. The summed E-state index contributed by atoms with van der Waals surface area (Å²) in [4.78, 5) is 11.5. The van der Waals surface area contributed by atoms with Crippen LogP contribution in [0, 0.1) is 5.82 Å². The molecule has 0 fully saturated rings. The summed E-state index contributed by atoms with van der Waals surface area (Å²) in [5.74, 6) is -0.769. The minimum Gasteiger partial charge on any atom is -0.497 e. The Bertz CT molecular complexity index is 822. The summed E-state index contributed by atoms with van der Waals surface area (Å²) in [6.45, 7) is -0.442. The summed E-state index contributed by atoms with van der Waals surface area (Å²) in [7, 11) is -1.35. The van der Waals surface area contributed by atoms with Crippen molar-refractivity contribution in [2.24, 2.45) is 0 Å². The van der Waals surface area contributed by atoms with E-state index in [4.69, 9.17) is 4.74 Å². The Morgan fingerprint density at radius 3 is 2.38 bits per heavy atom. The largest absolute Gasteiger partial charge is 0.497 e. The molecule has 0 saturated heterocycles. The van der Waals surface area contributed by atoms with E-state index in [2.05, 4.69) is 5.32 Å². The van der Waals surface area contributed by atoms with Crippen LogP contribution in [0.4, 0.5) is 10.1 Å². The van der Waals surface area contributed by atoms with Crippen LogP contribution in [-0.2, 0) is 14.8 Å². The molecule has 0 aromatic heterocycles. The number of ether oxygens (including phenoxy) is 1. The molecule has 1 amide bonds. The molecule has 0 atom stereocenters. The number of amides is 1. The average molecular weight is 352 g/mol. The van der Waals surface area contributed by atoms with Crippen molar-refractivity contribution >= 4 is 21.6 Å². The van der Waals surface area contributed by atoms with Gasteiger partial charge in [-0.2, -0.15) is 4.31 Å². The van der Waals surface area contributed by atoms with Crippen molar-refractivity contribution in [3.63, 3.8) is 0 Å². The maximum atomic E-state index is 13.7. The fourth-order valence-electron chi connectivity index (χ4n) is 1.98. The van der Waals surface area contributed by atoms with E-state index in [-0.39, 0.29) is 0 Å². The summed E-state index contributed by atoms with van der Waals surface area (Å²) in [6, 6.07) is 11.6. The number of rotatable bonds is 6. The van der Waals surface area contributed by atoms with Gasteiger partial charge in [0.15, 0.2) is 0 Å². The monoisotopic (exact) mass is 352 g/mol. The average Bonchev–Trinajstić information content (AvgIpc) is 2.55. The highest BCUT2D eigenvalue weighted by atomic mass is 32.2. The lowest BCUT2D eigenvalue weighted by Gasteiger charge is -2.17. The highest BCUT2D eigenvalue weighted by Crippen LogP contribution is 2.18. The third kappa shape index (κ3) is 4.09. The van der Waals surface area contributed by atoms with Gasteiger partial charge in [-0.3, -0.25) is 4.79 Å². The van der Waals surface area contributed by atoms with Gasteiger partial charge in [-0.15, -0.1) is 0 Å². The molecule has 0 radical (unpaired) electrons. The second-order valence-corrected chi connectivity index (χ2v) is 6.98. The fraction of sp³-hybridized carbons (Fsp3) is 0.188. The van der Waals surface area contributed by atoms with Gasteiger partial charge in [-0.05, 0) is 36.4 Å². The Kier molecular flexibility index (Phi) is 5.53. The highest BCUT2D eigenvalue weighted by Gasteiger charge is 2.25. The van der Waals surface area contributed by atoms with Crippen LogP contribution in [0.15, 0.2) is 53.4 Å². The number of likely N-dealkylation sites (N-methyl/N-ethyl adjacent to an activating group) is 1. The van der Waals surface area contributed by atoms with Gasteiger partial charge in [-0.1, -0.05) is 12.1 Å². The van der Waals surface area contributed by atoms with Gasteiger partial charge in [0.05, 0.1) is 13.7 Å². The lowest BCUT2D eigenvalue weighted by Crippen LogP contribution is -2.35. The number of methoxy groups -OCH3 is 1. The molecular formula is C16H17FN2O4S. The molecule has 2 aromatic rings. The summed E-state index contributed by atoms with van der Waals surface area (Å²) in [6.07, 6.45) is 0. The molecule has 128 valence electrons. The quantitative estimate of drug-likeness (QED) is 0.864. The van der Waals surface area contributed by atoms with Crippen LogP contribution in [0.1, 0.15) is 0 Å². The lowest BCUT2D eigenvalue weighted by atomic mass is 10.3. The number of benzene rings is 2. The number of sulfonamides is 1. The number of nitrogens with zero attached hydrogens (tertiary/aromatic N) is 1. The third-order valence-electron chi connectivity index (χ3n) is 3.26. The Balaban J connectivity index is 2.06. The van der Waals surface area contributed by atoms with Crippen molar-refractivity contribution in [2.45, 2.75) is 4.90 Å². The standard InChI is InChI=1S/C16H17FN2O4S/c1-19(24(21,22)15-6-4-3-5-14(15)17)11-16(20)18-12-7-9-13(23-2)10-8-12/h3-10H,11H2,1-2H3,(H,18,20). The minimum absolute atomic E-state index is 0.442. The van der Waals surface area contributed by atoms with Crippen molar-refractivity contribution in [1.82, 2.24) is 4.31 Å². The molecule has 1 N–H and O–H groups in total. The van der Waals surface area contributed by atoms with E-state index in [1.807, 2.05) is 0 Å². The zero-order valence-corrected chi connectivity index (χ0v) is 14.0. The van der Waals surface area contributed by atoms with Crippen LogP contribution in [0.5, 0.6) is 5.75 Å². The van der Waals surface area contributed by atoms with Crippen LogP contribution < -0.4 is 10.1 Å². The third-order valence-corrected chi connectivity index (χ3v) is 5.10. The van der Waals surface area contributed by atoms with Crippen molar-refractivity contribution in [1.29, 1.82) is 0 Å². The second-order valence-electron chi connectivity index (χ2n) is 4.97. The van der Waals surface area contributed by atoms with E-state index < -0.39 is 33.2 Å². The lowest BCUT2D eigenvalue weighted by molar-refractivity contribution is -0.116. The van der Waals surface area contributed by atoms with Crippen LogP contribution in [0.2, 0.25) is 0 Å². The number of hydrogen-bond acceptors (Lipinski definition) is 4. The number of anilines is 1. The Hall–Kier alpha value is -2.45. The Morgan fingerprint density at radius 2 is 1.79 bits per heavy atom. The number of carbonyl (C=O) groups excluding carboxylic acids is 1. The highest BCUT2D eigenvalue weighted by molar-refractivity contribution is 7.89. The zero-order chi connectivity index (χ0) is 17.7. The van der Waals surface area contributed by atoms with Gasteiger partial charge in [-0.25, -0.2) is 12.8 Å². The van der Waals surface area contributed by atoms with Crippen molar-refractivity contribution in [3.05, 3.63) is 54.3 Å². The molecule has 0 saturated carbocycles. The van der Waals surface area contributed by atoms with Crippen LogP contribution in [0.3, 0.4) is 0 Å². The molecule has 0 aliphatic carbocycles. The van der Waals surface area contributed by atoms with E-state index in [0.717, 1.165) is 16.4 Å². The smallest absolute Gasteiger partial charge is 0.246 e. The summed E-state index contributed by atoms with van der Waals surface area (Å²) in [5, 5.41) is 2.57. The fourth-order valence-corrected chi connectivity index (χ4v) is 3.17. The van der Waals surface area contributed by atoms with E-state index in [0.29, 0.717) is 11.4 Å². The second kappa shape index (κ2) is 7.41. The molecular weight excluding hydrogens is 335 g/mol. The molecule has 0 spiro atoms. The maximum Gasteiger partial charge on any atom is 0.246 e. The van der Waals surface area contributed by atoms with Crippen molar-refractivity contribution < 1.29 is 22.3 Å². The molecule has 0 heterocycles. The molecule has 2 rings (SSSR count). The Labute approximate surface area is 139 Å². The predicted octanol–water partition coefficient (Wildman–Crippen LogP) is 2.09. The normalized spacial score (nSPS) is 11.3. The van der Waals surface area contributed by atoms with E-state index in [9.17, 15) is 17.6 Å². The van der Waals surface area contributed by atoms with Gasteiger partial charge in [0.2, 0.25) is 15.9 Å². The van der Waals surface area contributed by atoms with Gasteiger partial charge in [0, 0.05) is 12.7 Å².